The van der Waals surface area contributed by atoms with Crippen molar-refractivity contribution in [3.05, 3.63) is 53.2 Å². The third-order valence-corrected chi connectivity index (χ3v) is 6.16. The molecule has 1 fully saturated rings. The Labute approximate surface area is 194 Å². The van der Waals surface area contributed by atoms with Gasteiger partial charge in [-0.25, -0.2) is 9.97 Å². The van der Waals surface area contributed by atoms with Gasteiger partial charge in [-0.3, -0.25) is 9.69 Å². The van der Waals surface area contributed by atoms with Gasteiger partial charge in [-0.2, -0.15) is 0 Å². The van der Waals surface area contributed by atoms with Crippen molar-refractivity contribution in [1.29, 1.82) is 0 Å². The molecule has 1 saturated heterocycles. The van der Waals surface area contributed by atoms with E-state index in [9.17, 15) is 4.79 Å². The van der Waals surface area contributed by atoms with Crippen LogP contribution < -0.4 is 4.90 Å². The second-order valence-electron chi connectivity index (χ2n) is 7.54. The van der Waals surface area contributed by atoms with E-state index in [2.05, 4.69) is 46.1 Å². The van der Waals surface area contributed by atoms with Crippen LogP contribution in [0.2, 0.25) is 5.15 Å². The van der Waals surface area contributed by atoms with E-state index < -0.39 is 0 Å². The molecule has 6 nitrogen and oxygen atoms in total. The van der Waals surface area contributed by atoms with Gasteiger partial charge in [0.25, 0.3) is 0 Å². The number of aromatic nitrogens is 2. The molecule has 31 heavy (non-hydrogen) atoms. The van der Waals surface area contributed by atoms with Crippen molar-refractivity contribution in [2.24, 2.45) is 0 Å². The maximum Gasteiger partial charge on any atom is 0.233 e. The van der Waals surface area contributed by atoms with Gasteiger partial charge in [-0.15, -0.1) is 0 Å². The van der Waals surface area contributed by atoms with E-state index in [-0.39, 0.29) is 5.91 Å². The summed E-state index contributed by atoms with van der Waals surface area (Å²) in [4.78, 5) is 27.8. The Kier molecular flexibility index (Phi) is 9.18. The van der Waals surface area contributed by atoms with Gasteiger partial charge in [0.1, 0.15) is 11.0 Å². The molecule has 1 amide bonds. The minimum Gasteiger partial charge on any atom is -0.360 e. The summed E-state index contributed by atoms with van der Waals surface area (Å²) < 4.78 is 0. The monoisotopic (exact) mass is 459 g/mol. The van der Waals surface area contributed by atoms with Crippen molar-refractivity contribution in [3.8, 4) is 0 Å². The Hall–Kier alpha value is -2.09. The number of thioether (sulfide) groups is 1. The van der Waals surface area contributed by atoms with Crippen molar-refractivity contribution >= 4 is 41.2 Å². The minimum atomic E-state index is 0.122. The van der Waals surface area contributed by atoms with E-state index >= 15 is 0 Å². The average molecular weight is 460 g/mol. The van der Waals surface area contributed by atoms with Crippen LogP contribution in [0, 0.1) is 0 Å². The van der Waals surface area contributed by atoms with Crippen LogP contribution in [0.1, 0.15) is 18.9 Å². The van der Waals surface area contributed by atoms with Gasteiger partial charge in [-0.1, -0.05) is 72.8 Å². The summed E-state index contributed by atoms with van der Waals surface area (Å²) in [7, 11) is 1.98. The first-order valence-corrected chi connectivity index (χ1v) is 12.0. The summed E-state index contributed by atoms with van der Waals surface area (Å²) in [6.45, 7) is 7.17. The van der Waals surface area contributed by atoms with Crippen LogP contribution in [0.4, 0.5) is 5.82 Å². The summed E-state index contributed by atoms with van der Waals surface area (Å²) in [5, 5.41) is 0.948. The number of hydrogen-bond donors (Lipinski definition) is 0. The molecule has 0 bridgehead atoms. The summed E-state index contributed by atoms with van der Waals surface area (Å²) in [5.74, 6) is 1.23. The van der Waals surface area contributed by atoms with Gasteiger partial charge >= 0.3 is 0 Å². The lowest BCUT2D eigenvalue weighted by Crippen LogP contribution is -2.49. The molecule has 1 aromatic carbocycles. The maximum atomic E-state index is 12.7. The Bertz CT molecular complexity index is 872. The Morgan fingerprint density at radius 2 is 1.94 bits per heavy atom. The van der Waals surface area contributed by atoms with Crippen LogP contribution in [0.25, 0.3) is 6.08 Å². The quantitative estimate of drug-likeness (QED) is 0.322. The fourth-order valence-corrected chi connectivity index (χ4v) is 4.38. The van der Waals surface area contributed by atoms with Crippen LogP contribution in [-0.4, -0.2) is 77.7 Å². The largest absolute Gasteiger partial charge is 0.360 e. The van der Waals surface area contributed by atoms with E-state index in [0.717, 1.165) is 51.5 Å². The van der Waals surface area contributed by atoms with Gasteiger partial charge in [-0.05, 0) is 12.0 Å². The van der Waals surface area contributed by atoms with Crippen LogP contribution >= 0.6 is 23.4 Å². The van der Waals surface area contributed by atoms with Crippen molar-refractivity contribution in [2.45, 2.75) is 18.5 Å². The second-order valence-corrected chi connectivity index (χ2v) is 8.87. The van der Waals surface area contributed by atoms with Crippen LogP contribution in [0.5, 0.6) is 0 Å². The highest BCUT2D eigenvalue weighted by molar-refractivity contribution is 7.99. The van der Waals surface area contributed by atoms with Crippen LogP contribution in [-0.2, 0) is 4.79 Å². The summed E-state index contributed by atoms with van der Waals surface area (Å²) >= 11 is 7.51. The van der Waals surface area contributed by atoms with Crippen molar-refractivity contribution < 1.29 is 4.79 Å². The Morgan fingerprint density at radius 1 is 1.19 bits per heavy atom. The molecule has 0 aliphatic carbocycles. The van der Waals surface area contributed by atoms with Gasteiger partial charge in [0, 0.05) is 52.4 Å². The molecule has 166 valence electrons. The van der Waals surface area contributed by atoms with Gasteiger partial charge < -0.3 is 9.80 Å². The number of piperazine rings is 1. The topological polar surface area (TPSA) is 52.6 Å². The molecule has 0 atom stereocenters. The zero-order valence-corrected chi connectivity index (χ0v) is 19.8. The lowest BCUT2D eigenvalue weighted by Gasteiger charge is -2.34. The van der Waals surface area contributed by atoms with E-state index in [0.29, 0.717) is 16.1 Å². The molecular formula is C23H30ClN5OS. The lowest BCUT2D eigenvalue weighted by molar-refractivity contribution is -0.130. The zero-order valence-electron chi connectivity index (χ0n) is 18.2. The molecule has 3 rings (SSSR count). The third kappa shape index (κ3) is 7.52. The SMILES string of the molecule is CCCN(C)c1cc(Cl)nc(SCC(=O)N2CCN(CC=Cc3ccccc3)CC2)n1. The first-order chi connectivity index (χ1) is 15.0. The van der Waals surface area contributed by atoms with Crippen molar-refractivity contribution in [2.75, 3.05) is 57.0 Å². The normalized spacial score (nSPS) is 14.9. The lowest BCUT2D eigenvalue weighted by atomic mass is 10.2. The first-order valence-electron chi connectivity index (χ1n) is 10.7. The molecular weight excluding hydrogens is 430 g/mol. The van der Waals surface area contributed by atoms with Gasteiger partial charge in [0.05, 0.1) is 5.75 Å². The van der Waals surface area contributed by atoms with E-state index in [4.69, 9.17) is 11.6 Å². The van der Waals surface area contributed by atoms with Gasteiger partial charge in [0.2, 0.25) is 5.91 Å². The number of rotatable bonds is 9. The Balaban J connectivity index is 1.43. The molecule has 1 aromatic heterocycles. The molecule has 0 saturated carbocycles. The van der Waals surface area contributed by atoms with Crippen molar-refractivity contribution in [3.63, 3.8) is 0 Å². The van der Waals surface area contributed by atoms with Gasteiger partial charge in [0.15, 0.2) is 5.16 Å². The van der Waals surface area contributed by atoms with E-state index in [1.807, 2.05) is 35.0 Å². The molecule has 0 unspecified atom stereocenters. The Morgan fingerprint density at radius 3 is 2.65 bits per heavy atom. The molecule has 1 aliphatic heterocycles. The summed E-state index contributed by atoms with van der Waals surface area (Å²) in [5.41, 5.74) is 1.21. The minimum absolute atomic E-state index is 0.122. The molecule has 1 aliphatic rings. The van der Waals surface area contributed by atoms with Crippen LogP contribution in [0.3, 0.4) is 0 Å². The number of hydrogen-bond acceptors (Lipinski definition) is 6. The molecule has 8 heteroatoms. The van der Waals surface area contributed by atoms with E-state index in [1.54, 1.807) is 6.07 Å². The summed E-state index contributed by atoms with van der Waals surface area (Å²) in [6.07, 6.45) is 5.35. The fraction of sp³-hybridized carbons (Fsp3) is 0.435. The molecule has 2 aromatic rings. The van der Waals surface area contributed by atoms with E-state index in [1.165, 1.54) is 17.3 Å². The highest BCUT2D eigenvalue weighted by Crippen LogP contribution is 2.22. The molecule has 2 heterocycles. The molecule has 0 spiro atoms. The zero-order chi connectivity index (χ0) is 22.1. The predicted octanol–water partition coefficient (Wildman–Crippen LogP) is 3.93. The number of anilines is 1. The third-order valence-electron chi connectivity index (χ3n) is 5.13. The molecule has 0 radical (unpaired) electrons. The number of amides is 1. The maximum absolute atomic E-state index is 12.7. The standard InChI is InChI=1S/C23H30ClN5OS/c1-3-11-27(2)21-17-20(24)25-23(26-21)31-18-22(30)29-15-13-28(14-16-29)12-7-10-19-8-5-4-6-9-19/h4-10,17H,3,11-16,18H2,1-2H3. The smallest absolute Gasteiger partial charge is 0.233 e. The number of halogens is 1. The predicted molar refractivity (Wildman–Crippen MR) is 130 cm³/mol. The first kappa shape index (κ1) is 23.6. The number of benzene rings is 1. The highest BCUT2D eigenvalue weighted by atomic mass is 35.5. The fourth-order valence-electron chi connectivity index (χ4n) is 3.39. The number of carbonyl (C=O) groups is 1. The highest BCUT2D eigenvalue weighted by Gasteiger charge is 2.21. The molecule has 0 N–H and O–H groups in total. The number of nitrogens with zero attached hydrogens (tertiary/aromatic N) is 5. The van der Waals surface area contributed by atoms with Crippen LogP contribution in [0.15, 0.2) is 47.6 Å². The average Bonchev–Trinajstić information content (AvgIpc) is 2.78. The second kappa shape index (κ2) is 12.1. The summed E-state index contributed by atoms with van der Waals surface area (Å²) in [6, 6.07) is 12.1. The number of carbonyl (C=O) groups excluding carboxylic acids is 1. The van der Waals surface area contributed by atoms with Crippen molar-refractivity contribution in [1.82, 2.24) is 19.8 Å².